The van der Waals surface area contributed by atoms with Crippen LogP contribution in [-0.2, 0) is 0 Å². The third-order valence-electron chi connectivity index (χ3n) is 3.20. The van der Waals surface area contributed by atoms with Gasteiger partial charge >= 0.3 is 0 Å². The number of nitrogens with zero attached hydrogens (tertiary/aromatic N) is 1. The van der Waals surface area contributed by atoms with Crippen molar-refractivity contribution in [2.45, 2.75) is 6.92 Å². The van der Waals surface area contributed by atoms with Crippen LogP contribution in [0.25, 0.3) is 11.3 Å². The smallest absolute Gasteiger partial charge is 0.267 e. The van der Waals surface area contributed by atoms with E-state index in [9.17, 15) is 9.90 Å². The molecule has 0 aliphatic heterocycles. The molecule has 0 saturated heterocycles. The number of hydrogen-bond donors (Lipinski definition) is 2. The second-order valence-electron chi connectivity index (χ2n) is 4.92. The van der Waals surface area contributed by atoms with Crippen molar-refractivity contribution < 1.29 is 9.90 Å². The van der Waals surface area contributed by atoms with Crippen LogP contribution in [-0.4, -0.2) is 15.4 Å². The molecule has 110 valence electrons. The number of amides is 1. The van der Waals surface area contributed by atoms with Crippen molar-refractivity contribution in [2.24, 2.45) is 0 Å². The van der Waals surface area contributed by atoms with Gasteiger partial charge < -0.3 is 10.4 Å². The van der Waals surface area contributed by atoms with E-state index in [1.54, 1.807) is 24.3 Å². The minimum atomic E-state index is -0.277. The summed E-state index contributed by atoms with van der Waals surface area (Å²) in [5.41, 5.74) is 3.10. The van der Waals surface area contributed by atoms with Crippen LogP contribution in [0.2, 0.25) is 0 Å². The van der Waals surface area contributed by atoms with Gasteiger partial charge in [-0.1, -0.05) is 36.4 Å². The van der Waals surface area contributed by atoms with Crippen LogP contribution in [0.3, 0.4) is 0 Å². The maximum Gasteiger partial charge on any atom is 0.267 e. The molecule has 0 bridgehead atoms. The zero-order chi connectivity index (χ0) is 15.5. The first-order chi connectivity index (χ1) is 10.6. The van der Waals surface area contributed by atoms with Crippen LogP contribution in [0.1, 0.15) is 15.2 Å². The highest BCUT2D eigenvalue weighted by Gasteiger charge is 2.13. The van der Waals surface area contributed by atoms with E-state index in [0.29, 0.717) is 10.6 Å². The van der Waals surface area contributed by atoms with Crippen molar-refractivity contribution in [2.75, 3.05) is 5.32 Å². The Balaban J connectivity index is 1.81. The first-order valence-corrected chi connectivity index (χ1v) is 7.54. The fraction of sp³-hybridized carbons (Fsp3) is 0.0588. The highest BCUT2D eigenvalue weighted by molar-refractivity contribution is 7.08. The zero-order valence-corrected chi connectivity index (χ0v) is 12.7. The van der Waals surface area contributed by atoms with Gasteiger partial charge in [-0.15, -0.1) is 0 Å². The van der Waals surface area contributed by atoms with Crippen LogP contribution in [0.5, 0.6) is 5.75 Å². The summed E-state index contributed by atoms with van der Waals surface area (Å²) in [4.78, 5) is 12.8. The number of carbonyl (C=O) groups is 1. The highest BCUT2D eigenvalue weighted by atomic mass is 32.1. The number of benzene rings is 2. The van der Waals surface area contributed by atoms with Crippen molar-refractivity contribution >= 4 is 23.1 Å². The molecule has 0 aliphatic carbocycles. The van der Waals surface area contributed by atoms with Crippen molar-refractivity contribution in [3.05, 3.63) is 65.0 Å². The van der Waals surface area contributed by atoms with Crippen molar-refractivity contribution in [3.8, 4) is 17.0 Å². The molecule has 22 heavy (non-hydrogen) atoms. The van der Waals surface area contributed by atoms with Crippen LogP contribution < -0.4 is 5.32 Å². The van der Waals surface area contributed by atoms with Crippen LogP contribution >= 0.6 is 11.5 Å². The molecule has 2 aromatic carbocycles. The predicted molar refractivity (Wildman–Crippen MR) is 88.3 cm³/mol. The summed E-state index contributed by atoms with van der Waals surface area (Å²) in [6.45, 7) is 1.90. The number of hydrogen-bond acceptors (Lipinski definition) is 4. The SMILES string of the molecule is Cc1ccc(O)c(NC(=O)c2cc(-c3ccccc3)ns2)c1. The van der Waals surface area contributed by atoms with E-state index in [-0.39, 0.29) is 11.7 Å². The topological polar surface area (TPSA) is 62.2 Å². The lowest BCUT2D eigenvalue weighted by Crippen LogP contribution is -2.10. The number of anilines is 1. The van der Waals surface area contributed by atoms with Gasteiger partial charge in [0.05, 0.1) is 11.4 Å². The number of aryl methyl sites for hydroxylation is 1. The maximum absolute atomic E-state index is 12.3. The zero-order valence-electron chi connectivity index (χ0n) is 11.9. The number of carbonyl (C=O) groups excluding carboxylic acids is 1. The van der Waals surface area contributed by atoms with Gasteiger partial charge in [0, 0.05) is 5.56 Å². The molecule has 0 unspecified atom stereocenters. The quantitative estimate of drug-likeness (QED) is 0.717. The Morgan fingerprint density at radius 2 is 1.91 bits per heavy atom. The van der Waals surface area contributed by atoms with Gasteiger partial charge in [0.25, 0.3) is 5.91 Å². The predicted octanol–water partition coefficient (Wildman–Crippen LogP) is 4.08. The van der Waals surface area contributed by atoms with E-state index in [1.807, 2.05) is 37.3 Å². The second kappa shape index (κ2) is 5.99. The summed E-state index contributed by atoms with van der Waals surface area (Å²) in [5, 5.41) is 12.5. The number of nitrogens with one attached hydrogen (secondary N) is 1. The number of rotatable bonds is 3. The summed E-state index contributed by atoms with van der Waals surface area (Å²) in [6, 6.07) is 16.5. The van der Waals surface area contributed by atoms with Gasteiger partial charge in [0.1, 0.15) is 10.6 Å². The van der Waals surface area contributed by atoms with Crippen molar-refractivity contribution in [1.29, 1.82) is 0 Å². The molecule has 3 rings (SSSR count). The number of phenolic OH excluding ortho intramolecular Hbond substituents is 1. The molecule has 0 spiro atoms. The molecule has 0 aliphatic rings. The summed E-state index contributed by atoms with van der Waals surface area (Å²) >= 11 is 1.14. The van der Waals surface area contributed by atoms with Crippen molar-refractivity contribution in [3.63, 3.8) is 0 Å². The summed E-state index contributed by atoms with van der Waals surface area (Å²) in [5.74, 6) is -0.229. The molecule has 4 nitrogen and oxygen atoms in total. The van der Waals surface area contributed by atoms with Gasteiger partial charge in [-0.05, 0) is 42.2 Å². The van der Waals surface area contributed by atoms with Gasteiger partial charge in [0.15, 0.2) is 0 Å². The maximum atomic E-state index is 12.3. The lowest BCUT2D eigenvalue weighted by Gasteiger charge is -2.06. The van der Waals surface area contributed by atoms with Gasteiger partial charge in [-0.25, -0.2) is 0 Å². The monoisotopic (exact) mass is 310 g/mol. The van der Waals surface area contributed by atoms with Gasteiger partial charge in [-0.2, -0.15) is 4.37 Å². The van der Waals surface area contributed by atoms with E-state index < -0.39 is 0 Å². The van der Waals surface area contributed by atoms with E-state index in [1.165, 1.54) is 0 Å². The molecule has 0 radical (unpaired) electrons. The molecule has 0 saturated carbocycles. The molecular weight excluding hydrogens is 296 g/mol. The molecule has 1 heterocycles. The average molecular weight is 310 g/mol. The minimum absolute atomic E-state index is 0.0479. The summed E-state index contributed by atoms with van der Waals surface area (Å²) in [7, 11) is 0. The van der Waals surface area contributed by atoms with Gasteiger partial charge in [-0.3, -0.25) is 4.79 Å². The van der Waals surface area contributed by atoms with Crippen molar-refractivity contribution in [1.82, 2.24) is 4.37 Å². The molecule has 0 fully saturated rings. The van der Waals surface area contributed by atoms with Crippen LogP contribution in [0.4, 0.5) is 5.69 Å². The molecule has 1 amide bonds. The van der Waals surface area contributed by atoms with E-state index >= 15 is 0 Å². The summed E-state index contributed by atoms with van der Waals surface area (Å²) < 4.78 is 4.31. The van der Waals surface area contributed by atoms with E-state index in [0.717, 1.165) is 28.4 Å². The molecule has 3 aromatic rings. The second-order valence-corrected chi connectivity index (χ2v) is 5.72. The largest absolute Gasteiger partial charge is 0.506 e. The lowest BCUT2D eigenvalue weighted by atomic mass is 10.1. The normalized spacial score (nSPS) is 10.4. The fourth-order valence-electron chi connectivity index (χ4n) is 2.06. The third-order valence-corrected chi connectivity index (χ3v) is 3.99. The molecule has 0 atom stereocenters. The van der Waals surface area contributed by atoms with Crippen LogP contribution in [0.15, 0.2) is 54.6 Å². The number of aromatic nitrogens is 1. The van der Waals surface area contributed by atoms with Crippen LogP contribution in [0, 0.1) is 6.92 Å². The molecule has 1 aromatic heterocycles. The van der Waals surface area contributed by atoms with E-state index in [2.05, 4.69) is 9.69 Å². The molecular formula is C17H14N2O2S. The Morgan fingerprint density at radius 1 is 1.14 bits per heavy atom. The first kappa shape index (κ1) is 14.3. The Bertz CT molecular complexity index is 813. The molecule has 2 N–H and O–H groups in total. The van der Waals surface area contributed by atoms with E-state index in [4.69, 9.17) is 0 Å². The minimum Gasteiger partial charge on any atom is -0.506 e. The standard InChI is InChI=1S/C17H14N2O2S/c1-11-7-8-15(20)14(9-11)18-17(21)16-10-13(19-22-16)12-5-3-2-4-6-12/h2-10,20H,1H3,(H,18,21). The highest BCUT2D eigenvalue weighted by Crippen LogP contribution is 2.26. The number of phenols is 1. The number of aromatic hydroxyl groups is 1. The Kier molecular flexibility index (Phi) is 3.89. The fourth-order valence-corrected chi connectivity index (χ4v) is 2.71. The Hall–Kier alpha value is -2.66. The molecule has 5 heteroatoms. The Labute approximate surface area is 132 Å². The summed E-state index contributed by atoms with van der Waals surface area (Å²) in [6.07, 6.45) is 0. The third kappa shape index (κ3) is 2.99. The van der Waals surface area contributed by atoms with Gasteiger partial charge in [0.2, 0.25) is 0 Å². The Morgan fingerprint density at radius 3 is 2.68 bits per heavy atom. The first-order valence-electron chi connectivity index (χ1n) is 6.76. The lowest BCUT2D eigenvalue weighted by molar-refractivity contribution is 0.103. The average Bonchev–Trinajstić information content (AvgIpc) is 3.02.